The van der Waals surface area contributed by atoms with Crippen molar-refractivity contribution in [1.82, 2.24) is 4.98 Å². The molecule has 5 nitrogen and oxygen atoms in total. The van der Waals surface area contributed by atoms with Crippen molar-refractivity contribution in [2.24, 2.45) is 0 Å². The van der Waals surface area contributed by atoms with Crippen molar-refractivity contribution in [3.05, 3.63) is 24.0 Å². The van der Waals surface area contributed by atoms with E-state index in [1.54, 1.807) is 0 Å². The maximum absolute atomic E-state index is 12.3. The molecule has 1 unspecified atom stereocenters. The molecule has 8 heteroatoms. The van der Waals surface area contributed by atoms with E-state index in [9.17, 15) is 23.1 Å². The van der Waals surface area contributed by atoms with Gasteiger partial charge in [0.2, 0.25) is 0 Å². The highest BCUT2D eigenvalue weighted by Crippen LogP contribution is 2.30. The Hall–Kier alpha value is -1.83. The van der Waals surface area contributed by atoms with Gasteiger partial charge in [-0.25, -0.2) is 9.78 Å². The van der Waals surface area contributed by atoms with Gasteiger partial charge in [-0.3, -0.25) is 0 Å². The first kappa shape index (κ1) is 13.6. The van der Waals surface area contributed by atoms with Crippen molar-refractivity contribution in [1.29, 1.82) is 0 Å². The first-order valence-electron chi connectivity index (χ1n) is 5.46. The summed E-state index contributed by atoms with van der Waals surface area (Å²) in [5.41, 5.74) is -2.52. The number of nitrogens with zero attached hydrogens (tertiary/aromatic N) is 2. The number of halogens is 3. The first-order valence-corrected chi connectivity index (χ1v) is 5.46. The van der Waals surface area contributed by atoms with Gasteiger partial charge < -0.3 is 15.1 Å². The van der Waals surface area contributed by atoms with Crippen LogP contribution >= 0.6 is 0 Å². The number of carboxylic acid groups (broad SMARTS) is 1. The molecule has 2 rings (SSSR count). The Kier molecular flexibility index (Phi) is 3.13. The van der Waals surface area contributed by atoms with E-state index in [-0.39, 0.29) is 19.5 Å². The fourth-order valence-corrected chi connectivity index (χ4v) is 1.93. The highest BCUT2D eigenvalue weighted by Gasteiger charge is 2.43. The van der Waals surface area contributed by atoms with Crippen LogP contribution in [0, 0.1) is 0 Å². The molecule has 0 amide bonds. The molecule has 1 aliphatic heterocycles. The second kappa shape index (κ2) is 4.37. The number of hydrogen-bond acceptors (Lipinski definition) is 4. The summed E-state index contributed by atoms with van der Waals surface area (Å²) in [6, 6.07) is 2.04. The van der Waals surface area contributed by atoms with Crippen LogP contribution in [0.1, 0.15) is 12.1 Å². The molecule has 1 aromatic heterocycles. The fraction of sp³-hybridized carbons (Fsp3) is 0.455. The van der Waals surface area contributed by atoms with Gasteiger partial charge in [0.25, 0.3) is 0 Å². The SMILES string of the molecule is O=C(O)C1(O)CCN(c2ccc(C(F)(F)F)nc2)C1. The summed E-state index contributed by atoms with van der Waals surface area (Å²) in [6.07, 6.45) is -3.47. The summed E-state index contributed by atoms with van der Waals surface area (Å²) < 4.78 is 37.0. The average Bonchev–Trinajstić information content (AvgIpc) is 2.72. The van der Waals surface area contributed by atoms with Crippen molar-refractivity contribution in [3.8, 4) is 0 Å². The summed E-state index contributed by atoms with van der Waals surface area (Å²) in [5, 5.41) is 18.6. The summed E-state index contributed by atoms with van der Waals surface area (Å²) in [4.78, 5) is 15.6. The highest BCUT2D eigenvalue weighted by atomic mass is 19.4. The van der Waals surface area contributed by atoms with Gasteiger partial charge in [0.1, 0.15) is 5.69 Å². The van der Waals surface area contributed by atoms with E-state index in [1.165, 1.54) is 11.0 Å². The van der Waals surface area contributed by atoms with Crippen LogP contribution in [0.2, 0.25) is 0 Å². The predicted octanol–water partition coefficient (Wildman–Crippen LogP) is 1.13. The number of aromatic nitrogens is 1. The molecule has 0 aromatic carbocycles. The standard InChI is InChI=1S/C11H11F3N2O3/c12-11(13,14)8-2-1-7(5-15-8)16-4-3-10(19,6-16)9(17)18/h1-2,5,19H,3-4,6H2,(H,17,18). The molecule has 1 aliphatic rings. The molecule has 2 heterocycles. The van der Waals surface area contributed by atoms with Crippen LogP contribution in [0.25, 0.3) is 0 Å². The van der Waals surface area contributed by atoms with Crippen molar-refractivity contribution in [3.63, 3.8) is 0 Å². The summed E-state index contributed by atoms with van der Waals surface area (Å²) in [6.45, 7) is 0.0746. The summed E-state index contributed by atoms with van der Waals surface area (Å²) >= 11 is 0. The lowest BCUT2D eigenvalue weighted by atomic mass is 10.0. The molecular weight excluding hydrogens is 265 g/mol. The Morgan fingerprint density at radius 2 is 2.11 bits per heavy atom. The smallest absolute Gasteiger partial charge is 0.433 e. The average molecular weight is 276 g/mol. The zero-order valence-corrected chi connectivity index (χ0v) is 9.68. The lowest BCUT2D eigenvalue weighted by molar-refractivity contribution is -0.156. The second-order valence-electron chi connectivity index (χ2n) is 4.41. The normalized spacial score (nSPS) is 23.7. The molecule has 19 heavy (non-hydrogen) atoms. The summed E-state index contributed by atoms with van der Waals surface area (Å²) in [5.74, 6) is -1.34. The fourth-order valence-electron chi connectivity index (χ4n) is 1.93. The van der Waals surface area contributed by atoms with Crippen molar-refractivity contribution < 1.29 is 28.2 Å². The van der Waals surface area contributed by atoms with Gasteiger partial charge in [0, 0.05) is 13.0 Å². The number of alkyl halides is 3. The number of carbonyl (C=O) groups is 1. The Morgan fingerprint density at radius 3 is 2.53 bits per heavy atom. The van der Waals surface area contributed by atoms with Crippen molar-refractivity contribution >= 4 is 11.7 Å². The molecule has 1 saturated heterocycles. The zero-order chi connectivity index (χ0) is 14.3. The maximum Gasteiger partial charge on any atom is 0.433 e. The number of pyridine rings is 1. The third kappa shape index (κ3) is 2.62. The molecule has 104 valence electrons. The number of hydrogen-bond donors (Lipinski definition) is 2. The Labute approximate surface area is 106 Å². The van der Waals surface area contributed by atoms with E-state index < -0.39 is 23.4 Å². The van der Waals surface area contributed by atoms with Gasteiger partial charge in [-0.15, -0.1) is 0 Å². The maximum atomic E-state index is 12.3. The lowest BCUT2D eigenvalue weighted by Crippen LogP contribution is -2.41. The topological polar surface area (TPSA) is 73.7 Å². The lowest BCUT2D eigenvalue weighted by Gasteiger charge is -2.20. The predicted molar refractivity (Wildman–Crippen MR) is 58.7 cm³/mol. The summed E-state index contributed by atoms with van der Waals surface area (Å²) in [7, 11) is 0. The molecule has 0 saturated carbocycles. The number of carboxylic acids is 1. The first-order chi connectivity index (χ1) is 8.72. The van der Waals surface area contributed by atoms with Crippen LogP contribution in [0.15, 0.2) is 18.3 Å². The molecule has 2 N–H and O–H groups in total. The van der Waals surface area contributed by atoms with Gasteiger partial charge in [0.15, 0.2) is 5.60 Å². The van der Waals surface area contributed by atoms with Gasteiger partial charge in [-0.2, -0.15) is 13.2 Å². The van der Waals surface area contributed by atoms with Crippen LogP contribution in [-0.2, 0) is 11.0 Å². The number of aliphatic carboxylic acids is 1. The monoisotopic (exact) mass is 276 g/mol. The van der Waals surface area contributed by atoms with Crippen LogP contribution in [0.4, 0.5) is 18.9 Å². The molecule has 1 atom stereocenters. The molecule has 0 aliphatic carbocycles. The quantitative estimate of drug-likeness (QED) is 0.847. The molecule has 0 spiro atoms. The number of rotatable bonds is 2. The zero-order valence-electron chi connectivity index (χ0n) is 9.68. The minimum absolute atomic E-state index is 0.0172. The third-order valence-electron chi connectivity index (χ3n) is 3.05. The molecule has 1 fully saturated rings. The largest absolute Gasteiger partial charge is 0.479 e. The number of β-amino-alcohol motifs (C(OH)–C–C–N with tert-alkyl or cyclic N) is 1. The van der Waals surface area contributed by atoms with E-state index in [1.807, 2.05) is 0 Å². The third-order valence-corrected chi connectivity index (χ3v) is 3.05. The van der Waals surface area contributed by atoms with Crippen molar-refractivity contribution in [2.45, 2.75) is 18.2 Å². The van der Waals surface area contributed by atoms with Gasteiger partial charge in [0.05, 0.1) is 18.4 Å². The minimum Gasteiger partial charge on any atom is -0.479 e. The number of aliphatic hydroxyl groups is 1. The Morgan fingerprint density at radius 1 is 1.42 bits per heavy atom. The van der Waals surface area contributed by atoms with E-state index in [0.29, 0.717) is 5.69 Å². The molecular formula is C11H11F3N2O3. The van der Waals surface area contributed by atoms with E-state index in [4.69, 9.17) is 5.11 Å². The van der Waals surface area contributed by atoms with Gasteiger partial charge in [-0.05, 0) is 12.1 Å². The van der Waals surface area contributed by atoms with Gasteiger partial charge >= 0.3 is 12.1 Å². The van der Waals surface area contributed by atoms with Gasteiger partial charge in [-0.1, -0.05) is 0 Å². The molecule has 0 radical (unpaired) electrons. The molecule has 1 aromatic rings. The van der Waals surface area contributed by atoms with Crippen molar-refractivity contribution in [2.75, 3.05) is 18.0 Å². The van der Waals surface area contributed by atoms with Crippen LogP contribution in [0.5, 0.6) is 0 Å². The van der Waals surface area contributed by atoms with Crippen LogP contribution in [-0.4, -0.2) is 39.9 Å². The Balaban J connectivity index is 2.15. The van der Waals surface area contributed by atoms with E-state index >= 15 is 0 Å². The minimum atomic E-state index is -4.51. The van der Waals surface area contributed by atoms with E-state index in [2.05, 4.69) is 4.98 Å². The van der Waals surface area contributed by atoms with Crippen LogP contribution < -0.4 is 4.90 Å². The number of anilines is 1. The van der Waals surface area contributed by atoms with Crippen LogP contribution in [0.3, 0.4) is 0 Å². The molecule has 0 bridgehead atoms. The van der Waals surface area contributed by atoms with E-state index in [0.717, 1.165) is 12.3 Å². The Bertz CT molecular complexity index is 489. The highest BCUT2D eigenvalue weighted by molar-refractivity contribution is 5.79. The second-order valence-corrected chi connectivity index (χ2v) is 4.41.